The fourth-order valence-electron chi connectivity index (χ4n) is 2.40. The van der Waals surface area contributed by atoms with Gasteiger partial charge >= 0.3 is 0 Å². The number of ether oxygens (including phenoxy) is 1. The van der Waals surface area contributed by atoms with Crippen LogP contribution in [0.1, 0.15) is 43.5 Å². The number of carbonyl (C=O) groups is 3. The van der Waals surface area contributed by atoms with Crippen LogP contribution in [-0.4, -0.2) is 24.3 Å². The lowest BCUT2D eigenvalue weighted by Crippen LogP contribution is -2.41. The van der Waals surface area contributed by atoms with Crippen molar-refractivity contribution < 1.29 is 19.1 Å². The molecule has 3 N–H and O–H groups in total. The Bertz CT molecular complexity index is 872. The van der Waals surface area contributed by atoms with Gasteiger partial charge in [-0.1, -0.05) is 32.0 Å². The minimum atomic E-state index is -0.466. The zero-order valence-corrected chi connectivity index (χ0v) is 18.6. The molecule has 0 atom stereocenters. The van der Waals surface area contributed by atoms with Gasteiger partial charge in [0.1, 0.15) is 5.75 Å². The molecule has 0 heterocycles. The Morgan fingerprint density at radius 2 is 1.67 bits per heavy atom. The van der Waals surface area contributed by atoms with Crippen LogP contribution in [0.25, 0.3) is 0 Å². The maximum atomic E-state index is 12.2. The fourth-order valence-corrected chi connectivity index (χ4v) is 2.89. The highest BCUT2D eigenvalue weighted by molar-refractivity contribution is 9.10. The minimum absolute atomic E-state index is 0.00452. The van der Waals surface area contributed by atoms with Crippen LogP contribution >= 0.6 is 15.9 Å². The van der Waals surface area contributed by atoms with Gasteiger partial charge in [-0.25, -0.2) is 0 Å². The quantitative estimate of drug-likeness (QED) is 0.476. The van der Waals surface area contributed by atoms with Gasteiger partial charge in [-0.3, -0.25) is 25.2 Å². The van der Waals surface area contributed by atoms with Crippen LogP contribution in [-0.2, 0) is 9.59 Å². The van der Waals surface area contributed by atoms with E-state index in [9.17, 15) is 14.4 Å². The van der Waals surface area contributed by atoms with Crippen LogP contribution in [0.2, 0.25) is 0 Å². The molecule has 0 spiro atoms. The third-order valence-corrected chi connectivity index (χ3v) is 4.72. The van der Waals surface area contributed by atoms with Crippen molar-refractivity contribution in [2.45, 2.75) is 33.1 Å². The minimum Gasteiger partial charge on any atom is -0.492 e. The van der Waals surface area contributed by atoms with E-state index in [1.807, 2.05) is 6.07 Å². The summed E-state index contributed by atoms with van der Waals surface area (Å²) in [4.78, 5) is 36.0. The zero-order valence-electron chi connectivity index (χ0n) is 17.0. The zero-order chi connectivity index (χ0) is 21.9. The summed E-state index contributed by atoms with van der Waals surface area (Å²) >= 11 is 3.39. The van der Waals surface area contributed by atoms with Crippen molar-refractivity contribution in [3.8, 4) is 5.75 Å². The molecule has 2 rings (SSSR count). The molecule has 0 unspecified atom stereocenters. The topological polar surface area (TPSA) is 96.5 Å². The number of rotatable bonds is 9. The molecular formula is C22H26BrN3O4. The molecule has 0 aliphatic rings. The number of hydrazine groups is 1. The van der Waals surface area contributed by atoms with Gasteiger partial charge in [-0.15, -0.1) is 0 Å². The molecule has 0 aliphatic heterocycles. The van der Waals surface area contributed by atoms with Gasteiger partial charge in [0, 0.05) is 24.1 Å². The van der Waals surface area contributed by atoms with Crippen LogP contribution in [0.5, 0.6) is 5.75 Å². The lowest BCUT2D eigenvalue weighted by molar-refractivity contribution is -0.124. The van der Waals surface area contributed by atoms with Crippen molar-refractivity contribution in [2.24, 2.45) is 5.92 Å². The van der Waals surface area contributed by atoms with Crippen LogP contribution in [0.15, 0.2) is 53.0 Å². The van der Waals surface area contributed by atoms with Crippen LogP contribution in [0.4, 0.5) is 5.69 Å². The summed E-state index contributed by atoms with van der Waals surface area (Å²) < 4.78 is 6.35. The lowest BCUT2D eigenvalue weighted by atomic mass is 10.1. The molecule has 0 bridgehead atoms. The summed E-state index contributed by atoms with van der Waals surface area (Å²) in [6.45, 7) is 4.83. The summed E-state index contributed by atoms with van der Waals surface area (Å²) in [5.74, 6) is -0.00652. The molecule has 3 amide bonds. The number of hydrogen-bond donors (Lipinski definition) is 3. The normalized spacial score (nSPS) is 10.4. The van der Waals surface area contributed by atoms with Crippen molar-refractivity contribution in [3.63, 3.8) is 0 Å². The van der Waals surface area contributed by atoms with E-state index in [-0.39, 0.29) is 18.7 Å². The van der Waals surface area contributed by atoms with Gasteiger partial charge < -0.3 is 10.1 Å². The Morgan fingerprint density at radius 1 is 0.967 bits per heavy atom. The first kappa shape index (κ1) is 23.4. The van der Waals surface area contributed by atoms with E-state index in [1.165, 1.54) is 0 Å². The molecule has 0 aliphatic carbocycles. The Balaban J connectivity index is 1.74. The van der Waals surface area contributed by atoms with Gasteiger partial charge in [-0.05, 0) is 58.6 Å². The van der Waals surface area contributed by atoms with Gasteiger partial charge in [-0.2, -0.15) is 0 Å². The average Bonchev–Trinajstić information content (AvgIpc) is 2.72. The highest BCUT2D eigenvalue weighted by Gasteiger charge is 2.12. The summed E-state index contributed by atoms with van der Waals surface area (Å²) in [6, 6.07) is 13.9. The SMILES string of the molecule is CC(C)CCOc1ccc(C(=O)NNC(=O)CCC(=O)Nc2ccccc2)cc1Br. The molecule has 30 heavy (non-hydrogen) atoms. The summed E-state index contributed by atoms with van der Waals surface area (Å²) in [7, 11) is 0. The Kier molecular flexibility index (Phi) is 9.34. The fraction of sp³-hybridized carbons (Fsp3) is 0.318. The molecule has 2 aromatic carbocycles. The molecule has 160 valence electrons. The number of amides is 3. The number of hydrogen-bond acceptors (Lipinski definition) is 4. The van der Waals surface area contributed by atoms with Gasteiger partial charge in [0.25, 0.3) is 5.91 Å². The van der Waals surface area contributed by atoms with E-state index in [4.69, 9.17) is 4.74 Å². The predicted molar refractivity (Wildman–Crippen MR) is 119 cm³/mol. The van der Waals surface area contributed by atoms with Crippen molar-refractivity contribution in [3.05, 3.63) is 58.6 Å². The Labute approximate surface area is 184 Å². The molecule has 0 saturated carbocycles. The molecular weight excluding hydrogens is 450 g/mol. The molecule has 0 fully saturated rings. The largest absolute Gasteiger partial charge is 0.492 e. The second kappa shape index (κ2) is 12.0. The second-order valence-corrected chi connectivity index (χ2v) is 7.95. The molecule has 0 radical (unpaired) electrons. The van der Waals surface area contributed by atoms with Gasteiger partial charge in [0.2, 0.25) is 11.8 Å². The third kappa shape index (κ3) is 8.24. The first-order chi connectivity index (χ1) is 14.3. The van der Waals surface area contributed by atoms with Crippen molar-refractivity contribution in [2.75, 3.05) is 11.9 Å². The summed E-state index contributed by atoms with van der Waals surface area (Å²) in [6.07, 6.45) is 0.889. The van der Waals surface area contributed by atoms with Crippen LogP contribution in [0, 0.1) is 5.92 Å². The molecule has 0 saturated heterocycles. The van der Waals surface area contributed by atoms with Crippen LogP contribution < -0.4 is 20.9 Å². The number of halogens is 1. The standard InChI is InChI=1S/C22H26BrN3O4/c1-15(2)12-13-30-19-9-8-16(14-18(19)23)22(29)26-25-21(28)11-10-20(27)24-17-6-4-3-5-7-17/h3-9,14-15H,10-13H2,1-2H3,(H,24,27)(H,25,28)(H,26,29). The smallest absolute Gasteiger partial charge is 0.269 e. The molecule has 0 aromatic heterocycles. The van der Waals surface area contributed by atoms with E-state index in [0.717, 1.165) is 6.42 Å². The molecule has 2 aromatic rings. The lowest BCUT2D eigenvalue weighted by Gasteiger charge is -2.11. The van der Waals surface area contributed by atoms with Crippen molar-refractivity contribution in [1.29, 1.82) is 0 Å². The maximum absolute atomic E-state index is 12.2. The first-order valence-electron chi connectivity index (χ1n) is 9.71. The van der Waals surface area contributed by atoms with Gasteiger partial charge in [0.05, 0.1) is 11.1 Å². The number of para-hydroxylation sites is 1. The predicted octanol–water partition coefficient (Wildman–Crippen LogP) is 4.05. The summed E-state index contributed by atoms with van der Waals surface area (Å²) in [5.41, 5.74) is 5.69. The van der Waals surface area contributed by atoms with Crippen molar-refractivity contribution >= 4 is 39.3 Å². The van der Waals surface area contributed by atoms with E-state index in [1.54, 1.807) is 42.5 Å². The third-order valence-electron chi connectivity index (χ3n) is 4.10. The Morgan fingerprint density at radius 3 is 2.33 bits per heavy atom. The monoisotopic (exact) mass is 475 g/mol. The summed E-state index contributed by atoms with van der Waals surface area (Å²) in [5, 5.41) is 2.70. The molecule has 7 nitrogen and oxygen atoms in total. The number of nitrogens with one attached hydrogen (secondary N) is 3. The van der Waals surface area contributed by atoms with Crippen molar-refractivity contribution in [1.82, 2.24) is 10.9 Å². The maximum Gasteiger partial charge on any atom is 0.269 e. The highest BCUT2D eigenvalue weighted by Crippen LogP contribution is 2.26. The van der Waals surface area contributed by atoms with E-state index >= 15 is 0 Å². The number of carbonyl (C=O) groups excluding carboxylic acids is 3. The average molecular weight is 476 g/mol. The van der Waals surface area contributed by atoms with E-state index in [2.05, 4.69) is 45.9 Å². The van der Waals surface area contributed by atoms with Gasteiger partial charge in [0.15, 0.2) is 0 Å². The first-order valence-corrected chi connectivity index (χ1v) is 10.5. The van der Waals surface area contributed by atoms with E-state index < -0.39 is 11.8 Å². The van der Waals surface area contributed by atoms with E-state index in [0.29, 0.717) is 34.0 Å². The number of anilines is 1. The highest BCUT2D eigenvalue weighted by atomic mass is 79.9. The Hall–Kier alpha value is -2.87. The molecule has 8 heteroatoms. The number of benzene rings is 2. The second-order valence-electron chi connectivity index (χ2n) is 7.09. The van der Waals surface area contributed by atoms with Crippen LogP contribution in [0.3, 0.4) is 0 Å².